The molecule has 1 aromatic rings. The molecule has 20 heavy (non-hydrogen) atoms. The molecule has 1 aliphatic rings. The third-order valence-electron chi connectivity index (χ3n) is 3.77. The summed E-state index contributed by atoms with van der Waals surface area (Å²) in [5, 5.41) is 9.07. The summed E-state index contributed by atoms with van der Waals surface area (Å²) in [6, 6.07) is 4.98. The molecule has 0 bridgehead atoms. The summed E-state index contributed by atoms with van der Waals surface area (Å²) < 4.78 is 37.8. The van der Waals surface area contributed by atoms with Crippen LogP contribution in [0, 0.1) is 12.8 Å². The minimum atomic E-state index is -4.13. The van der Waals surface area contributed by atoms with Gasteiger partial charge in [0, 0.05) is 18.8 Å². The number of piperidine rings is 1. The van der Waals surface area contributed by atoms with Gasteiger partial charge in [-0.15, -0.1) is 0 Å². The van der Waals surface area contributed by atoms with Crippen molar-refractivity contribution in [1.29, 1.82) is 0 Å². The van der Waals surface area contributed by atoms with Gasteiger partial charge in [0.1, 0.15) is 0 Å². The summed E-state index contributed by atoms with van der Waals surface area (Å²) in [5.41, 5.74) is 1.51. The van der Waals surface area contributed by atoms with E-state index in [4.69, 9.17) is 5.11 Å². The number of nitrogens with zero attached hydrogens (tertiary/aromatic N) is 1. The molecule has 1 heterocycles. The van der Waals surface area contributed by atoms with E-state index < -0.39 is 18.1 Å². The Morgan fingerprint density at radius 2 is 1.90 bits per heavy atom. The van der Waals surface area contributed by atoms with E-state index in [1.54, 1.807) is 19.1 Å². The van der Waals surface area contributed by atoms with Gasteiger partial charge in [0.2, 0.25) is 0 Å². The molecule has 3 nitrogen and oxygen atoms in total. The van der Waals surface area contributed by atoms with Crippen molar-refractivity contribution in [3.05, 3.63) is 29.3 Å². The number of halogens is 3. The molecule has 110 valence electrons. The van der Waals surface area contributed by atoms with Crippen LogP contribution in [0.25, 0.3) is 0 Å². The second-order valence-electron chi connectivity index (χ2n) is 5.11. The number of benzene rings is 1. The molecule has 1 N–H and O–H groups in total. The molecule has 0 saturated carbocycles. The average molecular weight is 287 g/mol. The summed E-state index contributed by atoms with van der Waals surface area (Å²) >= 11 is 0. The first-order valence-electron chi connectivity index (χ1n) is 6.44. The average Bonchev–Trinajstić information content (AvgIpc) is 2.38. The predicted octanol–water partition coefficient (Wildman–Crippen LogP) is 3.47. The normalized spacial score (nSPS) is 17.3. The number of rotatable bonds is 2. The van der Waals surface area contributed by atoms with Crippen LogP contribution in [0.2, 0.25) is 0 Å². The lowest BCUT2D eigenvalue weighted by atomic mass is 9.95. The Bertz CT molecular complexity index is 506. The van der Waals surface area contributed by atoms with Crippen LogP contribution in [0.4, 0.5) is 18.9 Å². The second-order valence-corrected chi connectivity index (χ2v) is 5.11. The zero-order valence-electron chi connectivity index (χ0n) is 11.1. The van der Waals surface area contributed by atoms with Crippen LogP contribution < -0.4 is 4.90 Å². The fourth-order valence-corrected chi connectivity index (χ4v) is 2.50. The first-order chi connectivity index (χ1) is 9.29. The Balaban J connectivity index is 2.11. The molecule has 1 fully saturated rings. The molecule has 0 spiro atoms. The fourth-order valence-electron chi connectivity index (χ4n) is 2.50. The molecule has 0 unspecified atom stereocenters. The van der Waals surface area contributed by atoms with Crippen molar-refractivity contribution in [2.24, 2.45) is 5.92 Å². The molecular weight excluding hydrogens is 271 g/mol. The highest BCUT2D eigenvalue weighted by Crippen LogP contribution is 2.35. The number of carboxylic acids is 1. The van der Waals surface area contributed by atoms with Crippen molar-refractivity contribution in [2.75, 3.05) is 18.0 Å². The Labute approximate surface area is 115 Å². The van der Waals surface area contributed by atoms with Gasteiger partial charge in [-0.3, -0.25) is 0 Å². The van der Waals surface area contributed by atoms with Gasteiger partial charge in [-0.1, -0.05) is 6.07 Å². The van der Waals surface area contributed by atoms with Crippen molar-refractivity contribution in [2.45, 2.75) is 25.9 Å². The van der Waals surface area contributed by atoms with Crippen LogP contribution in [0.15, 0.2) is 18.2 Å². The molecule has 0 aromatic heterocycles. The highest BCUT2D eigenvalue weighted by molar-refractivity contribution is 5.90. The largest absolute Gasteiger partial charge is 0.478 e. The van der Waals surface area contributed by atoms with Crippen LogP contribution >= 0.6 is 0 Å². The molecule has 0 radical (unpaired) electrons. The number of carbonyl (C=O) groups is 1. The van der Waals surface area contributed by atoms with Crippen LogP contribution in [-0.4, -0.2) is 30.3 Å². The van der Waals surface area contributed by atoms with E-state index >= 15 is 0 Å². The van der Waals surface area contributed by atoms with Gasteiger partial charge in [-0.2, -0.15) is 13.2 Å². The Morgan fingerprint density at radius 1 is 1.30 bits per heavy atom. The third-order valence-corrected chi connectivity index (χ3v) is 3.77. The summed E-state index contributed by atoms with van der Waals surface area (Å²) in [5.74, 6) is -2.27. The number of anilines is 1. The molecule has 1 aromatic carbocycles. The van der Waals surface area contributed by atoms with E-state index in [0.29, 0.717) is 24.3 Å². The lowest BCUT2D eigenvalue weighted by Gasteiger charge is -2.34. The first-order valence-corrected chi connectivity index (χ1v) is 6.44. The Morgan fingerprint density at radius 3 is 2.40 bits per heavy atom. The fraction of sp³-hybridized carbons (Fsp3) is 0.500. The number of aryl methyl sites for hydroxylation is 1. The maximum Gasteiger partial charge on any atom is 0.391 e. The maximum atomic E-state index is 12.6. The molecule has 1 saturated heterocycles. The zero-order valence-corrected chi connectivity index (χ0v) is 11.1. The summed E-state index contributed by atoms with van der Waals surface area (Å²) in [6.07, 6.45) is -4.02. The minimum Gasteiger partial charge on any atom is -0.478 e. The summed E-state index contributed by atoms with van der Waals surface area (Å²) in [6.45, 7) is 2.29. The van der Waals surface area contributed by atoms with Gasteiger partial charge in [-0.25, -0.2) is 4.79 Å². The predicted molar refractivity (Wildman–Crippen MR) is 69.1 cm³/mol. The smallest absolute Gasteiger partial charge is 0.391 e. The molecule has 0 atom stereocenters. The number of hydrogen-bond acceptors (Lipinski definition) is 2. The number of alkyl halides is 3. The number of carboxylic acid groups (broad SMARTS) is 1. The van der Waals surface area contributed by atoms with Crippen molar-refractivity contribution in [1.82, 2.24) is 0 Å². The van der Waals surface area contributed by atoms with E-state index in [2.05, 4.69) is 0 Å². The summed E-state index contributed by atoms with van der Waals surface area (Å²) in [4.78, 5) is 12.9. The quantitative estimate of drug-likeness (QED) is 0.905. The van der Waals surface area contributed by atoms with E-state index in [0.717, 1.165) is 0 Å². The lowest BCUT2D eigenvalue weighted by Crippen LogP contribution is -2.39. The van der Waals surface area contributed by atoms with Gasteiger partial charge in [0.15, 0.2) is 0 Å². The molecule has 1 aliphatic heterocycles. The SMILES string of the molecule is Cc1ccc(N2CCC(C(F)(F)F)CC2)cc1C(=O)O. The number of hydrogen-bond donors (Lipinski definition) is 1. The van der Waals surface area contributed by atoms with Crippen LogP contribution in [0.3, 0.4) is 0 Å². The summed E-state index contributed by atoms with van der Waals surface area (Å²) in [7, 11) is 0. The third kappa shape index (κ3) is 3.05. The van der Waals surface area contributed by atoms with E-state index in [-0.39, 0.29) is 18.4 Å². The van der Waals surface area contributed by atoms with Gasteiger partial charge in [0.05, 0.1) is 11.5 Å². The highest BCUT2D eigenvalue weighted by Gasteiger charge is 2.41. The van der Waals surface area contributed by atoms with Crippen molar-refractivity contribution < 1.29 is 23.1 Å². The number of aromatic carboxylic acids is 1. The van der Waals surface area contributed by atoms with E-state index in [9.17, 15) is 18.0 Å². The van der Waals surface area contributed by atoms with Crippen LogP contribution in [-0.2, 0) is 0 Å². The van der Waals surface area contributed by atoms with Gasteiger partial charge >= 0.3 is 12.1 Å². The van der Waals surface area contributed by atoms with E-state index in [1.807, 2.05) is 4.90 Å². The molecular formula is C14H16F3NO2. The molecule has 6 heteroatoms. The van der Waals surface area contributed by atoms with Gasteiger partial charge in [0.25, 0.3) is 0 Å². The first kappa shape index (κ1) is 14.7. The van der Waals surface area contributed by atoms with Crippen molar-refractivity contribution >= 4 is 11.7 Å². The van der Waals surface area contributed by atoms with Crippen LogP contribution in [0.5, 0.6) is 0 Å². The van der Waals surface area contributed by atoms with Crippen LogP contribution in [0.1, 0.15) is 28.8 Å². The maximum absolute atomic E-state index is 12.6. The minimum absolute atomic E-state index is 0.0553. The molecule has 0 amide bonds. The second kappa shape index (κ2) is 5.34. The van der Waals surface area contributed by atoms with Gasteiger partial charge in [-0.05, 0) is 37.5 Å². The lowest BCUT2D eigenvalue weighted by molar-refractivity contribution is -0.179. The Kier molecular flexibility index (Phi) is 3.92. The zero-order chi connectivity index (χ0) is 14.9. The van der Waals surface area contributed by atoms with E-state index in [1.165, 1.54) is 6.07 Å². The van der Waals surface area contributed by atoms with Crippen molar-refractivity contribution in [3.63, 3.8) is 0 Å². The Hall–Kier alpha value is -1.72. The van der Waals surface area contributed by atoms with Crippen molar-refractivity contribution in [3.8, 4) is 0 Å². The topological polar surface area (TPSA) is 40.5 Å². The molecule has 0 aliphatic carbocycles. The monoisotopic (exact) mass is 287 g/mol. The molecule has 2 rings (SSSR count). The standard InChI is InChI=1S/C14H16F3NO2/c1-9-2-3-11(8-12(9)13(19)20)18-6-4-10(5-7-18)14(15,16)17/h2-3,8,10H,4-7H2,1H3,(H,19,20). The van der Waals surface area contributed by atoms with Gasteiger partial charge < -0.3 is 10.0 Å². The highest BCUT2D eigenvalue weighted by atomic mass is 19.4.